The number of aromatic nitrogens is 4. The molecule has 0 aliphatic heterocycles. The minimum atomic E-state index is 0.648. The molecule has 0 atom stereocenters. The van der Waals surface area contributed by atoms with Gasteiger partial charge < -0.3 is 10.6 Å². The molecule has 2 heterocycles. The molecule has 0 unspecified atom stereocenters. The van der Waals surface area contributed by atoms with Crippen molar-refractivity contribution in [2.45, 2.75) is 33.6 Å². The van der Waals surface area contributed by atoms with Gasteiger partial charge in [-0.05, 0) is 51.1 Å². The van der Waals surface area contributed by atoms with Gasteiger partial charge in [-0.15, -0.1) is 0 Å². The Kier molecular flexibility index (Phi) is 7.21. The van der Waals surface area contributed by atoms with Crippen molar-refractivity contribution in [2.75, 3.05) is 17.2 Å². The Morgan fingerprint density at radius 3 is 2.70 bits per heavy atom. The van der Waals surface area contributed by atoms with E-state index in [2.05, 4.69) is 74.3 Å². The molecule has 1 aromatic carbocycles. The minimum Gasteiger partial charge on any atom is -0.369 e. The normalized spacial score (nSPS) is 11.8. The van der Waals surface area contributed by atoms with Crippen molar-refractivity contribution in [3.63, 3.8) is 0 Å². The standard InChI is InChI=1S/C23H27N7/c1-5-6-10-18(30-23-21(24-4)17(3)26-14-29-23)11-8-13-25-22-19-12-7-9-16(2)20(19)27-15-28-22/h6-7,9-12,14-15H,4-5,8,13H2,1-3H3,(H,25,27,28)(H,26,29,30)/b10-6-,18-11+. The molecule has 7 nitrogen and oxygen atoms in total. The summed E-state index contributed by atoms with van der Waals surface area (Å²) in [6.45, 7) is 10.4. The number of rotatable bonds is 9. The number of benzene rings is 1. The summed E-state index contributed by atoms with van der Waals surface area (Å²) in [6, 6.07) is 6.12. The molecule has 30 heavy (non-hydrogen) atoms. The zero-order valence-electron chi connectivity index (χ0n) is 17.7. The molecule has 3 rings (SSSR count). The molecular formula is C23H27N7. The highest BCUT2D eigenvalue weighted by Crippen LogP contribution is 2.26. The molecule has 0 aliphatic rings. The van der Waals surface area contributed by atoms with E-state index < -0.39 is 0 Å². The molecule has 0 spiro atoms. The first-order valence-corrected chi connectivity index (χ1v) is 10.00. The van der Waals surface area contributed by atoms with Crippen LogP contribution >= 0.6 is 0 Å². The quantitative estimate of drug-likeness (QED) is 0.293. The van der Waals surface area contributed by atoms with E-state index in [-0.39, 0.29) is 0 Å². The van der Waals surface area contributed by atoms with Crippen LogP contribution in [0.2, 0.25) is 0 Å². The summed E-state index contributed by atoms with van der Waals surface area (Å²) in [5.41, 5.74) is 4.51. The Morgan fingerprint density at radius 1 is 1.10 bits per heavy atom. The van der Waals surface area contributed by atoms with E-state index in [1.165, 1.54) is 6.33 Å². The molecule has 0 radical (unpaired) electrons. The number of para-hydroxylation sites is 1. The third-order valence-corrected chi connectivity index (χ3v) is 4.63. The summed E-state index contributed by atoms with van der Waals surface area (Å²) < 4.78 is 0. The summed E-state index contributed by atoms with van der Waals surface area (Å²) in [4.78, 5) is 21.3. The molecule has 2 N–H and O–H groups in total. The first-order chi connectivity index (χ1) is 14.6. The average Bonchev–Trinajstić information content (AvgIpc) is 2.75. The number of aryl methyl sites for hydroxylation is 2. The summed E-state index contributed by atoms with van der Waals surface area (Å²) in [5.74, 6) is 1.50. The number of aliphatic imine (C=N–C) groups is 1. The van der Waals surface area contributed by atoms with Crippen LogP contribution in [0.15, 0.2) is 59.8 Å². The lowest BCUT2D eigenvalue weighted by molar-refractivity contribution is 1.03. The van der Waals surface area contributed by atoms with Crippen LogP contribution in [-0.4, -0.2) is 33.2 Å². The highest BCUT2D eigenvalue weighted by atomic mass is 15.1. The van der Waals surface area contributed by atoms with E-state index in [4.69, 9.17) is 0 Å². The zero-order chi connectivity index (χ0) is 21.3. The van der Waals surface area contributed by atoms with Gasteiger partial charge in [0.25, 0.3) is 0 Å². The van der Waals surface area contributed by atoms with Crippen LogP contribution in [0, 0.1) is 13.8 Å². The lowest BCUT2D eigenvalue weighted by Gasteiger charge is -2.11. The molecule has 0 amide bonds. The van der Waals surface area contributed by atoms with Gasteiger partial charge in [-0.25, -0.2) is 19.9 Å². The fraction of sp³-hybridized carbons (Fsp3) is 0.261. The van der Waals surface area contributed by atoms with Crippen molar-refractivity contribution in [1.29, 1.82) is 0 Å². The summed E-state index contributed by atoms with van der Waals surface area (Å²) in [6.07, 6.45) is 11.1. The van der Waals surface area contributed by atoms with Crippen LogP contribution in [0.1, 0.15) is 31.0 Å². The maximum atomic E-state index is 4.41. The largest absolute Gasteiger partial charge is 0.369 e. The molecule has 3 aromatic rings. The molecule has 154 valence electrons. The van der Waals surface area contributed by atoms with Crippen molar-refractivity contribution >= 4 is 34.9 Å². The first kappa shape index (κ1) is 21.1. The Hall–Kier alpha value is -3.61. The van der Waals surface area contributed by atoms with Gasteiger partial charge in [0.2, 0.25) is 0 Å². The molecule has 7 heteroatoms. The highest BCUT2D eigenvalue weighted by Gasteiger charge is 2.07. The lowest BCUT2D eigenvalue weighted by atomic mass is 10.1. The van der Waals surface area contributed by atoms with Crippen LogP contribution in [0.4, 0.5) is 17.3 Å². The van der Waals surface area contributed by atoms with Gasteiger partial charge in [0.05, 0.1) is 11.2 Å². The van der Waals surface area contributed by atoms with E-state index in [9.17, 15) is 0 Å². The summed E-state index contributed by atoms with van der Waals surface area (Å²) in [5, 5.41) is 7.80. The van der Waals surface area contributed by atoms with Gasteiger partial charge >= 0.3 is 0 Å². The fourth-order valence-electron chi connectivity index (χ4n) is 3.08. The second-order valence-electron chi connectivity index (χ2n) is 6.82. The maximum absolute atomic E-state index is 4.41. The number of allylic oxidation sites excluding steroid dienone is 2. The summed E-state index contributed by atoms with van der Waals surface area (Å²) in [7, 11) is 0. The number of nitrogens with one attached hydrogen (secondary N) is 2. The number of anilines is 2. The predicted molar refractivity (Wildman–Crippen MR) is 124 cm³/mol. The van der Waals surface area contributed by atoms with E-state index >= 15 is 0 Å². The van der Waals surface area contributed by atoms with E-state index in [0.29, 0.717) is 11.5 Å². The smallest absolute Gasteiger partial charge is 0.160 e. The van der Waals surface area contributed by atoms with Crippen LogP contribution in [-0.2, 0) is 0 Å². The number of hydrogen-bond donors (Lipinski definition) is 2. The van der Waals surface area contributed by atoms with Crippen molar-refractivity contribution in [1.82, 2.24) is 19.9 Å². The second kappa shape index (κ2) is 10.2. The number of fused-ring (bicyclic) bond motifs is 1. The molecule has 2 aromatic heterocycles. The van der Waals surface area contributed by atoms with Crippen LogP contribution in [0.25, 0.3) is 10.9 Å². The lowest BCUT2D eigenvalue weighted by Crippen LogP contribution is -2.06. The van der Waals surface area contributed by atoms with E-state index in [1.54, 1.807) is 6.33 Å². The molecule has 0 saturated heterocycles. The Bertz CT molecular complexity index is 1090. The second-order valence-corrected chi connectivity index (χ2v) is 6.82. The van der Waals surface area contributed by atoms with Crippen LogP contribution < -0.4 is 10.6 Å². The predicted octanol–water partition coefficient (Wildman–Crippen LogP) is 5.13. The molecule has 0 fully saturated rings. The molecule has 0 aliphatic carbocycles. The van der Waals surface area contributed by atoms with Gasteiger partial charge in [0.15, 0.2) is 5.82 Å². The minimum absolute atomic E-state index is 0.648. The number of nitrogens with zero attached hydrogens (tertiary/aromatic N) is 5. The van der Waals surface area contributed by atoms with Crippen molar-refractivity contribution in [3.05, 3.63) is 66.0 Å². The zero-order valence-corrected chi connectivity index (χ0v) is 17.7. The highest BCUT2D eigenvalue weighted by molar-refractivity contribution is 5.90. The Morgan fingerprint density at radius 2 is 1.90 bits per heavy atom. The first-order valence-electron chi connectivity index (χ1n) is 10.00. The monoisotopic (exact) mass is 401 g/mol. The average molecular weight is 402 g/mol. The SMILES string of the molecule is C=Nc1c(C)ncnc1NC(/C=C\CC)=C/CCNc1ncnc2c(C)cccc12. The third-order valence-electron chi connectivity index (χ3n) is 4.63. The van der Waals surface area contributed by atoms with E-state index in [1.807, 2.05) is 25.1 Å². The fourth-order valence-corrected chi connectivity index (χ4v) is 3.08. The van der Waals surface area contributed by atoms with E-state index in [0.717, 1.165) is 53.1 Å². The maximum Gasteiger partial charge on any atom is 0.160 e. The van der Waals surface area contributed by atoms with Crippen molar-refractivity contribution in [2.24, 2.45) is 4.99 Å². The van der Waals surface area contributed by atoms with Crippen molar-refractivity contribution in [3.8, 4) is 0 Å². The topological polar surface area (TPSA) is 88.0 Å². The van der Waals surface area contributed by atoms with Gasteiger partial charge in [0.1, 0.15) is 24.2 Å². The third kappa shape index (κ3) is 5.05. The van der Waals surface area contributed by atoms with Gasteiger partial charge in [-0.2, -0.15) is 0 Å². The number of hydrogen-bond acceptors (Lipinski definition) is 7. The Balaban J connectivity index is 1.72. The Labute approximate surface area is 177 Å². The van der Waals surface area contributed by atoms with Gasteiger partial charge in [0, 0.05) is 17.6 Å². The molecule has 0 saturated carbocycles. The summed E-state index contributed by atoms with van der Waals surface area (Å²) >= 11 is 0. The molecular weight excluding hydrogens is 374 g/mol. The van der Waals surface area contributed by atoms with Gasteiger partial charge in [-0.3, -0.25) is 4.99 Å². The van der Waals surface area contributed by atoms with Gasteiger partial charge in [-0.1, -0.05) is 31.2 Å². The van der Waals surface area contributed by atoms with Crippen LogP contribution in [0.5, 0.6) is 0 Å². The van der Waals surface area contributed by atoms with Crippen LogP contribution in [0.3, 0.4) is 0 Å². The molecule has 0 bridgehead atoms. The van der Waals surface area contributed by atoms with Crippen molar-refractivity contribution < 1.29 is 0 Å².